The molecule has 1 atom stereocenters. The van der Waals surface area contributed by atoms with Gasteiger partial charge in [0.1, 0.15) is 0 Å². The maximum Gasteiger partial charge on any atom is 0.0791 e. The Balaban J connectivity index is 2.18. The normalized spacial score (nSPS) is 22.9. The number of aliphatic hydroxyl groups is 1. The minimum atomic E-state index is -0.248. The van der Waals surface area contributed by atoms with Crippen molar-refractivity contribution in [3.05, 3.63) is 0 Å². The lowest BCUT2D eigenvalue weighted by Crippen LogP contribution is -2.45. The van der Waals surface area contributed by atoms with Crippen LogP contribution in [0.2, 0.25) is 0 Å². The van der Waals surface area contributed by atoms with Gasteiger partial charge in [-0.05, 0) is 33.9 Å². The number of hydrogen-bond donors (Lipinski definition) is 2. The van der Waals surface area contributed by atoms with E-state index < -0.39 is 0 Å². The smallest absolute Gasteiger partial charge is 0.0791 e. The van der Waals surface area contributed by atoms with Gasteiger partial charge in [-0.1, -0.05) is 12.8 Å². The molecule has 0 aliphatic heterocycles. The average Bonchev–Trinajstić information content (AvgIpc) is 2.49. The summed E-state index contributed by atoms with van der Waals surface area (Å²) in [5, 5.41) is 13.2. The summed E-state index contributed by atoms with van der Waals surface area (Å²) < 4.78 is 0. The molecular weight excluding hydrogens is 176 g/mol. The number of nitrogens with one attached hydrogen (secondary N) is 1. The van der Waals surface area contributed by atoms with Crippen LogP contribution in [0.5, 0.6) is 0 Å². The summed E-state index contributed by atoms with van der Waals surface area (Å²) in [4.78, 5) is 2.02. The van der Waals surface area contributed by atoms with Crippen molar-refractivity contribution in [2.45, 2.75) is 44.2 Å². The van der Waals surface area contributed by atoms with Crippen molar-refractivity contribution in [2.24, 2.45) is 0 Å². The van der Waals surface area contributed by atoms with Gasteiger partial charge in [0.25, 0.3) is 0 Å². The lowest BCUT2D eigenvalue weighted by Gasteiger charge is -2.27. The molecule has 0 spiro atoms. The van der Waals surface area contributed by atoms with Crippen molar-refractivity contribution in [1.29, 1.82) is 0 Å². The fraction of sp³-hybridized carbons (Fsp3) is 1.00. The lowest BCUT2D eigenvalue weighted by molar-refractivity contribution is 0.124. The van der Waals surface area contributed by atoms with Gasteiger partial charge in [0.2, 0.25) is 0 Å². The van der Waals surface area contributed by atoms with E-state index in [2.05, 4.69) is 12.2 Å². The second-order valence-electron chi connectivity index (χ2n) is 5.06. The number of β-amino-alcohol motifs (C(OH)–C–C–N with tert-alkyl or cyclic N) is 1. The highest BCUT2D eigenvalue weighted by molar-refractivity contribution is 4.88. The fourth-order valence-corrected chi connectivity index (χ4v) is 2.18. The van der Waals surface area contributed by atoms with Crippen LogP contribution in [-0.4, -0.2) is 48.8 Å². The number of nitrogens with zero attached hydrogens (tertiary/aromatic N) is 1. The van der Waals surface area contributed by atoms with Crippen LogP contribution >= 0.6 is 0 Å². The van der Waals surface area contributed by atoms with Crippen LogP contribution in [-0.2, 0) is 0 Å². The van der Waals surface area contributed by atoms with Gasteiger partial charge in [-0.2, -0.15) is 0 Å². The molecule has 84 valence electrons. The molecule has 0 amide bonds. The largest absolute Gasteiger partial charge is 0.390 e. The Morgan fingerprint density at radius 3 is 2.43 bits per heavy atom. The molecule has 2 N–H and O–H groups in total. The molecule has 0 saturated heterocycles. The topological polar surface area (TPSA) is 35.5 Å². The SMILES string of the molecule is CN(C)CC(O)CNC1(C)CCCC1. The Labute approximate surface area is 87.5 Å². The summed E-state index contributed by atoms with van der Waals surface area (Å²) in [7, 11) is 3.97. The second-order valence-corrected chi connectivity index (χ2v) is 5.06. The van der Waals surface area contributed by atoms with E-state index >= 15 is 0 Å². The average molecular weight is 200 g/mol. The molecule has 0 heterocycles. The van der Waals surface area contributed by atoms with Crippen molar-refractivity contribution in [1.82, 2.24) is 10.2 Å². The highest BCUT2D eigenvalue weighted by Gasteiger charge is 2.28. The molecule has 14 heavy (non-hydrogen) atoms. The van der Waals surface area contributed by atoms with Gasteiger partial charge in [-0.15, -0.1) is 0 Å². The van der Waals surface area contributed by atoms with Crippen molar-refractivity contribution >= 4 is 0 Å². The highest BCUT2D eigenvalue weighted by atomic mass is 16.3. The van der Waals surface area contributed by atoms with E-state index in [9.17, 15) is 5.11 Å². The van der Waals surface area contributed by atoms with Gasteiger partial charge in [-0.3, -0.25) is 0 Å². The Hall–Kier alpha value is -0.120. The molecule has 1 saturated carbocycles. The predicted molar refractivity (Wildman–Crippen MR) is 59.4 cm³/mol. The fourth-order valence-electron chi connectivity index (χ4n) is 2.18. The van der Waals surface area contributed by atoms with E-state index in [-0.39, 0.29) is 11.6 Å². The third-order valence-electron chi connectivity index (χ3n) is 3.05. The zero-order valence-electron chi connectivity index (χ0n) is 9.71. The van der Waals surface area contributed by atoms with Gasteiger partial charge >= 0.3 is 0 Å². The highest BCUT2D eigenvalue weighted by Crippen LogP contribution is 2.28. The van der Waals surface area contributed by atoms with Crippen LogP contribution in [0.25, 0.3) is 0 Å². The molecular formula is C11H24N2O. The van der Waals surface area contributed by atoms with Gasteiger partial charge in [0.15, 0.2) is 0 Å². The third kappa shape index (κ3) is 3.95. The minimum absolute atomic E-state index is 0.248. The van der Waals surface area contributed by atoms with Crippen molar-refractivity contribution in [3.63, 3.8) is 0 Å². The molecule has 0 aromatic rings. The summed E-state index contributed by atoms with van der Waals surface area (Å²) in [6.07, 6.45) is 4.91. The maximum atomic E-state index is 9.69. The van der Waals surface area contributed by atoms with Crippen LogP contribution in [0.3, 0.4) is 0 Å². The van der Waals surface area contributed by atoms with Crippen LogP contribution in [0.15, 0.2) is 0 Å². The van der Waals surface area contributed by atoms with Crippen molar-refractivity contribution in [3.8, 4) is 0 Å². The summed E-state index contributed by atoms with van der Waals surface area (Å²) in [5.41, 5.74) is 0.285. The molecule has 0 bridgehead atoms. The van der Waals surface area contributed by atoms with E-state index in [0.29, 0.717) is 6.54 Å². The first-order chi connectivity index (χ1) is 6.52. The Morgan fingerprint density at radius 2 is 1.93 bits per heavy atom. The summed E-state index contributed by atoms with van der Waals surface area (Å²) in [6.45, 7) is 3.72. The zero-order chi connectivity index (χ0) is 10.6. The number of likely N-dealkylation sites (N-methyl/N-ethyl adjacent to an activating group) is 1. The number of hydrogen-bond acceptors (Lipinski definition) is 3. The first kappa shape index (κ1) is 12.0. The maximum absolute atomic E-state index is 9.69. The standard InChI is InChI=1S/C11H24N2O/c1-11(6-4-5-7-11)12-8-10(14)9-13(2)3/h10,12,14H,4-9H2,1-3H3. The molecule has 1 unspecified atom stereocenters. The molecule has 3 heteroatoms. The molecule has 0 radical (unpaired) electrons. The monoisotopic (exact) mass is 200 g/mol. The van der Waals surface area contributed by atoms with Gasteiger partial charge in [-0.25, -0.2) is 0 Å². The summed E-state index contributed by atoms with van der Waals surface area (Å²) in [5.74, 6) is 0. The minimum Gasteiger partial charge on any atom is -0.390 e. The molecule has 0 aromatic heterocycles. The van der Waals surface area contributed by atoms with Crippen LogP contribution < -0.4 is 5.32 Å². The number of rotatable bonds is 5. The predicted octanol–water partition coefficient (Wildman–Crippen LogP) is 0.831. The van der Waals surface area contributed by atoms with Crippen LogP contribution in [0, 0.1) is 0 Å². The lowest BCUT2D eigenvalue weighted by atomic mass is 10.0. The van der Waals surface area contributed by atoms with E-state index in [0.717, 1.165) is 6.54 Å². The molecule has 0 aromatic carbocycles. The molecule has 1 aliphatic carbocycles. The molecule has 1 fully saturated rings. The van der Waals surface area contributed by atoms with Gasteiger partial charge < -0.3 is 15.3 Å². The zero-order valence-corrected chi connectivity index (χ0v) is 9.71. The van der Waals surface area contributed by atoms with Crippen molar-refractivity contribution < 1.29 is 5.11 Å². The van der Waals surface area contributed by atoms with Crippen LogP contribution in [0.4, 0.5) is 0 Å². The quantitative estimate of drug-likeness (QED) is 0.690. The first-order valence-corrected chi connectivity index (χ1v) is 5.60. The van der Waals surface area contributed by atoms with E-state index in [1.165, 1.54) is 25.7 Å². The number of aliphatic hydroxyl groups excluding tert-OH is 1. The summed E-state index contributed by atoms with van der Waals surface area (Å²) >= 11 is 0. The Bertz CT molecular complexity index is 165. The molecule has 1 rings (SSSR count). The van der Waals surface area contributed by atoms with E-state index in [1.54, 1.807) is 0 Å². The second kappa shape index (κ2) is 5.10. The summed E-state index contributed by atoms with van der Waals surface area (Å²) in [6, 6.07) is 0. The van der Waals surface area contributed by atoms with E-state index in [1.807, 2.05) is 19.0 Å². The van der Waals surface area contributed by atoms with Gasteiger partial charge in [0, 0.05) is 18.6 Å². The van der Waals surface area contributed by atoms with E-state index in [4.69, 9.17) is 0 Å². The van der Waals surface area contributed by atoms with Crippen LogP contribution in [0.1, 0.15) is 32.6 Å². The molecule has 1 aliphatic rings. The Morgan fingerprint density at radius 1 is 1.36 bits per heavy atom. The van der Waals surface area contributed by atoms with Crippen molar-refractivity contribution in [2.75, 3.05) is 27.2 Å². The molecule has 3 nitrogen and oxygen atoms in total. The first-order valence-electron chi connectivity index (χ1n) is 5.60. The Kier molecular flexibility index (Phi) is 4.35. The van der Waals surface area contributed by atoms with Gasteiger partial charge in [0.05, 0.1) is 6.10 Å². The third-order valence-corrected chi connectivity index (χ3v) is 3.05.